The van der Waals surface area contributed by atoms with Gasteiger partial charge in [-0.3, -0.25) is 0 Å². The molecule has 0 fully saturated rings. The second kappa shape index (κ2) is 6.27. The number of rotatable bonds is 2. The van der Waals surface area contributed by atoms with Crippen molar-refractivity contribution in [2.45, 2.75) is 6.92 Å². The van der Waals surface area contributed by atoms with Crippen LogP contribution in [-0.2, 0) is 28.1 Å². The molecule has 0 bridgehead atoms. The Morgan fingerprint density at radius 1 is 1.67 bits per heavy atom. The van der Waals surface area contributed by atoms with Gasteiger partial charge in [-0.25, -0.2) is 0 Å². The van der Waals surface area contributed by atoms with E-state index in [-0.39, 0.29) is 23.0 Å². The van der Waals surface area contributed by atoms with Crippen LogP contribution in [0.2, 0.25) is 0 Å². The van der Waals surface area contributed by atoms with E-state index < -0.39 is 0 Å². The Kier molecular flexibility index (Phi) is 8.28. The summed E-state index contributed by atoms with van der Waals surface area (Å²) in [6, 6.07) is 0. The quantitative estimate of drug-likeness (QED) is 0.400. The molecule has 0 unspecified atom stereocenters. The summed E-state index contributed by atoms with van der Waals surface area (Å²) in [6.45, 7) is 1.53. The van der Waals surface area contributed by atoms with Crippen molar-refractivity contribution in [3.05, 3.63) is 10.1 Å². The molecule has 1 radical (unpaired) electrons. The van der Waals surface area contributed by atoms with Crippen LogP contribution < -0.4 is 0 Å². The Hall–Kier alpha value is 0.144. The number of carbonyl (C=O) groups excluding carboxylic acids is 2. The molecule has 0 aromatic carbocycles. The van der Waals surface area contributed by atoms with Gasteiger partial charge in [0.15, 0.2) is 0 Å². The smallest absolute Gasteiger partial charge is 0.0667 e. The molecule has 0 rings (SSSR count). The molecule has 9 heavy (non-hydrogen) atoms. The molecule has 0 heterocycles. The standard InChI is InChI=1S/C5H4BrO2.V/c1-4(2-7)5(6)3-8;/h2H,1H3;/q-1;/b5-4+;. The number of aldehydes is 1. The van der Waals surface area contributed by atoms with Gasteiger partial charge in [-0.1, -0.05) is 15.9 Å². The molecule has 0 aliphatic rings. The van der Waals surface area contributed by atoms with Gasteiger partial charge in [0.25, 0.3) is 0 Å². The third-order valence-corrected chi connectivity index (χ3v) is 1.40. The first-order chi connectivity index (χ1) is 3.72. The molecule has 0 N–H and O–H groups in total. The van der Waals surface area contributed by atoms with E-state index in [0.717, 1.165) is 0 Å². The minimum atomic E-state index is 0. The second-order valence-electron chi connectivity index (χ2n) is 1.22. The van der Waals surface area contributed by atoms with Crippen molar-refractivity contribution < 1.29 is 28.1 Å². The zero-order valence-corrected chi connectivity index (χ0v) is 7.70. The van der Waals surface area contributed by atoms with E-state index in [1.807, 2.05) is 0 Å². The largest absolute Gasteiger partial charge is 0.418 e. The Labute approximate surface area is 73.7 Å². The van der Waals surface area contributed by atoms with Crippen LogP contribution in [0.4, 0.5) is 0 Å². The number of halogens is 1. The van der Waals surface area contributed by atoms with E-state index in [0.29, 0.717) is 11.9 Å². The fourth-order valence-electron chi connectivity index (χ4n) is 0.132. The van der Waals surface area contributed by atoms with Crippen LogP contribution in [0, 0.1) is 0 Å². The average Bonchev–Trinajstić information content (AvgIpc) is 1.84. The normalized spacial score (nSPS) is 10.9. The zero-order valence-electron chi connectivity index (χ0n) is 4.72. The van der Waals surface area contributed by atoms with Gasteiger partial charge >= 0.3 is 0 Å². The van der Waals surface area contributed by atoms with Gasteiger partial charge in [-0.15, -0.1) is 17.0 Å². The van der Waals surface area contributed by atoms with Crippen LogP contribution in [0.1, 0.15) is 6.92 Å². The number of hydrogen-bond donors (Lipinski definition) is 0. The molecule has 0 amide bonds. The molecule has 49 valence electrons. The molecule has 0 spiro atoms. The van der Waals surface area contributed by atoms with Crippen LogP contribution >= 0.6 is 15.9 Å². The summed E-state index contributed by atoms with van der Waals surface area (Å²) in [5.74, 6) is 0. The molecule has 0 atom stereocenters. The third-order valence-electron chi connectivity index (χ3n) is 0.613. The van der Waals surface area contributed by atoms with Gasteiger partial charge in [0, 0.05) is 24.8 Å². The third kappa shape index (κ3) is 4.64. The van der Waals surface area contributed by atoms with Gasteiger partial charge in [-0.2, -0.15) is 0 Å². The van der Waals surface area contributed by atoms with Crippen molar-refractivity contribution in [3.8, 4) is 0 Å². The van der Waals surface area contributed by atoms with Crippen molar-refractivity contribution in [3.63, 3.8) is 0 Å². The Morgan fingerprint density at radius 3 is 2.22 bits per heavy atom. The predicted molar refractivity (Wildman–Crippen MR) is 33.4 cm³/mol. The molecule has 0 aliphatic carbocycles. The van der Waals surface area contributed by atoms with Gasteiger partial charge in [0.2, 0.25) is 0 Å². The van der Waals surface area contributed by atoms with Crippen molar-refractivity contribution in [2.24, 2.45) is 0 Å². The molecule has 2 nitrogen and oxygen atoms in total. The molecular formula is C5H4BrO2V-. The predicted octanol–water partition coefficient (Wildman–Crippen LogP) is 0.961. The molecule has 0 saturated carbocycles. The molecule has 0 aromatic heterocycles. The monoisotopic (exact) mass is 226 g/mol. The zero-order chi connectivity index (χ0) is 6.57. The molecule has 0 aromatic rings. The summed E-state index contributed by atoms with van der Waals surface area (Å²) in [5, 5.41) is 0. The van der Waals surface area contributed by atoms with Crippen LogP contribution in [0.25, 0.3) is 0 Å². The number of allylic oxidation sites excluding steroid dienone is 2. The first-order valence-electron chi connectivity index (χ1n) is 1.92. The van der Waals surface area contributed by atoms with Crippen LogP contribution in [0.15, 0.2) is 10.1 Å². The summed E-state index contributed by atoms with van der Waals surface area (Å²) >= 11 is 2.83. The van der Waals surface area contributed by atoms with E-state index in [1.54, 1.807) is 0 Å². The van der Waals surface area contributed by atoms with Gasteiger partial charge in [-0.05, 0) is 0 Å². The molecular weight excluding hydrogens is 223 g/mol. The minimum absolute atomic E-state index is 0. The van der Waals surface area contributed by atoms with Crippen molar-refractivity contribution in [1.82, 2.24) is 0 Å². The van der Waals surface area contributed by atoms with Gasteiger partial charge < -0.3 is 9.59 Å². The first kappa shape index (κ1) is 11.9. The van der Waals surface area contributed by atoms with E-state index in [9.17, 15) is 9.59 Å². The first-order valence-corrected chi connectivity index (χ1v) is 2.71. The van der Waals surface area contributed by atoms with Crippen LogP contribution in [0.5, 0.6) is 0 Å². The van der Waals surface area contributed by atoms with Crippen molar-refractivity contribution in [2.75, 3.05) is 0 Å². The summed E-state index contributed by atoms with van der Waals surface area (Å²) in [5.41, 5.74) is 0.361. The maximum Gasteiger partial charge on any atom is 0.0667 e. The Morgan fingerprint density at radius 2 is 2.11 bits per heavy atom. The van der Waals surface area contributed by atoms with E-state index >= 15 is 0 Å². The molecule has 4 heteroatoms. The second-order valence-corrected chi connectivity index (χ2v) is 2.01. The van der Waals surface area contributed by atoms with E-state index in [1.165, 1.54) is 13.2 Å². The molecule has 0 aliphatic heterocycles. The number of hydrogen-bond acceptors (Lipinski definition) is 2. The topological polar surface area (TPSA) is 34.1 Å². The number of carbonyl (C=O) groups is 1. The van der Waals surface area contributed by atoms with E-state index in [4.69, 9.17) is 0 Å². The molecule has 0 saturated heterocycles. The van der Waals surface area contributed by atoms with Crippen LogP contribution in [-0.4, -0.2) is 12.6 Å². The summed E-state index contributed by atoms with van der Waals surface area (Å²) in [7, 11) is 0. The maximum atomic E-state index is 9.84. The van der Waals surface area contributed by atoms with Gasteiger partial charge in [0.1, 0.15) is 0 Å². The minimum Gasteiger partial charge on any atom is -0.418 e. The fraction of sp³-hybridized carbons (Fsp3) is 0.200. The summed E-state index contributed by atoms with van der Waals surface area (Å²) < 4.78 is 0.188. The SMILES string of the molecule is C/C(C=O)=C(\Br)[C-]=O.[V]. The van der Waals surface area contributed by atoms with Crippen molar-refractivity contribution in [1.29, 1.82) is 0 Å². The fourth-order valence-corrected chi connectivity index (χ4v) is 0.226. The maximum absolute atomic E-state index is 9.84. The Balaban J connectivity index is 0. The summed E-state index contributed by atoms with van der Waals surface area (Å²) in [4.78, 5) is 19.6. The Bertz CT molecular complexity index is 126. The van der Waals surface area contributed by atoms with E-state index in [2.05, 4.69) is 15.9 Å². The van der Waals surface area contributed by atoms with Gasteiger partial charge in [0.05, 0.1) is 6.29 Å². The van der Waals surface area contributed by atoms with Crippen LogP contribution in [0.3, 0.4) is 0 Å². The average molecular weight is 227 g/mol. The summed E-state index contributed by atoms with van der Waals surface area (Å²) in [6.07, 6.45) is 2.12. The van der Waals surface area contributed by atoms with Crippen molar-refractivity contribution >= 4 is 28.5 Å².